The minimum Gasteiger partial charge on any atom is -0.480 e. The Balaban J connectivity index is 1.95. The average molecular weight is 411 g/mol. The standard InChI is InChI=1S/C18H22FN3O5S/c1-9(2)7-13(17(26)27)20-12(16(24)25)5-6-15(23)22-18-21-11-4-3-10(19)8-14(11)28-18/h3-4,8-9,12-13,20H,5-7H2,1-2H3,(H,24,25)(H,26,27)(H,21,22,23)/t12-,13-/m0/s1. The SMILES string of the molecule is CC(C)C[C@H](N[C@@H](CCC(=O)Nc1nc2ccc(F)cc2s1)C(=O)O)C(=O)O. The van der Waals surface area contributed by atoms with E-state index in [2.05, 4.69) is 15.6 Å². The number of carbonyl (C=O) groups excluding carboxylic acids is 1. The largest absolute Gasteiger partial charge is 0.480 e. The van der Waals surface area contributed by atoms with Gasteiger partial charge in [-0.1, -0.05) is 25.2 Å². The van der Waals surface area contributed by atoms with Gasteiger partial charge in [0.1, 0.15) is 17.9 Å². The highest BCUT2D eigenvalue weighted by Crippen LogP contribution is 2.26. The van der Waals surface area contributed by atoms with Crippen LogP contribution in [0.5, 0.6) is 0 Å². The number of nitrogens with one attached hydrogen (secondary N) is 2. The molecule has 1 amide bonds. The Morgan fingerprint density at radius 3 is 2.46 bits per heavy atom. The molecular weight excluding hydrogens is 389 g/mol. The molecule has 10 heteroatoms. The molecule has 0 bridgehead atoms. The quantitative estimate of drug-likeness (QED) is 0.473. The van der Waals surface area contributed by atoms with E-state index in [0.29, 0.717) is 10.2 Å². The molecule has 0 radical (unpaired) electrons. The van der Waals surface area contributed by atoms with Crippen LogP contribution in [-0.2, 0) is 14.4 Å². The summed E-state index contributed by atoms with van der Waals surface area (Å²) in [6.45, 7) is 3.68. The Morgan fingerprint density at radius 1 is 1.18 bits per heavy atom. The molecule has 0 saturated carbocycles. The lowest BCUT2D eigenvalue weighted by molar-refractivity contribution is -0.143. The van der Waals surface area contributed by atoms with Gasteiger partial charge >= 0.3 is 11.9 Å². The normalized spacial score (nSPS) is 13.4. The molecule has 0 fully saturated rings. The highest BCUT2D eigenvalue weighted by molar-refractivity contribution is 7.22. The zero-order valence-corrected chi connectivity index (χ0v) is 16.3. The Kier molecular flexibility index (Phi) is 7.41. The monoisotopic (exact) mass is 411 g/mol. The number of carboxylic acids is 2. The van der Waals surface area contributed by atoms with E-state index >= 15 is 0 Å². The number of halogens is 1. The summed E-state index contributed by atoms with van der Waals surface area (Å²) in [6.07, 6.45) is 0.0540. The number of amides is 1. The molecule has 2 rings (SSSR count). The summed E-state index contributed by atoms with van der Waals surface area (Å²) in [5.41, 5.74) is 0.546. The fraction of sp³-hybridized carbons (Fsp3) is 0.444. The van der Waals surface area contributed by atoms with E-state index in [1.807, 2.05) is 13.8 Å². The molecule has 0 aliphatic heterocycles. The zero-order chi connectivity index (χ0) is 20.8. The predicted octanol–water partition coefficient (Wildman–Crippen LogP) is 2.70. The molecule has 152 valence electrons. The first kappa shape index (κ1) is 21.7. The van der Waals surface area contributed by atoms with Crippen LogP contribution in [0.3, 0.4) is 0 Å². The Hall–Kier alpha value is -2.59. The summed E-state index contributed by atoms with van der Waals surface area (Å²) >= 11 is 1.11. The van der Waals surface area contributed by atoms with Crippen molar-refractivity contribution in [1.29, 1.82) is 0 Å². The maximum atomic E-state index is 13.2. The molecule has 2 atom stereocenters. The van der Waals surface area contributed by atoms with Crippen LogP contribution in [0.1, 0.15) is 33.1 Å². The molecule has 0 unspecified atom stereocenters. The van der Waals surface area contributed by atoms with Crippen molar-refractivity contribution < 1.29 is 29.0 Å². The maximum Gasteiger partial charge on any atom is 0.320 e. The maximum absolute atomic E-state index is 13.2. The van der Waals surface area contributed by atoms with Gasteiger partial charge in [-0.2, -0.15) is 0 Å². The third kappa shape index (κ3) is 6.24. The molecule has 1 aromatic heterocycles. The summed E-state index contributed by atoms with van der Waals surface area (Å²) in [6, 6.07) is 1.90. The number of benzene rings is 1. The van der Waals surface area contributed by atoms with Crippen molar-refractivity contribution in [2.75, 3.05) is 5.32 Å². The molecule has 0 aliphatic rings. The molecular formula is C18H22FN3O5S. The van der Waals surface area contributed by atoms with Crippen LogP contribution in [0.4, 0.5) is 9.52 Å². The summed E-state index contributed by atoms with van der Waals surface area (Å²) < 4.78 is 13.8. The number of anilines is 1. The van der Waals surface area contributed by atoms with E-state index in [1.165, 1.54) is 18.2 Å². The van der Waals surface area contributed by atoms with E-state index in [1.54, 1.807) is 0 Å². The highest BCUT2D eigenvalue weighted by Gasteiger charge is 2.27. The summed E-state index contributed by atoms with van der Waals surface area (Å²) in [5, 5.41) is 24.0. The van der Waals surface area contributed by atoms with E-state index in [0.717, 1.165) is 11.3 Å². The lowest BCUT2D eigenvalue weighted by Gasteiger charge is -2.21. The minimum absolute atomic E-state index is 0.0650. The Bertz CT molecular complexity index is 870. The molecule has 0 saturated heterocycles. The first-order chi connectivity index (χ1) is 13.2. The molecule has 28 heavy (non-hydrogen) atoms. The van der Waals surface area contributed by atoms with Crippen LogP contribution in [0.2, 0.25) is 0 Å². The fourth-order valence-corrected chi connectivity index (χ4v) is 3.55. The van der Waals surface area contributed by atoms with Gasteiger partial charge < -0.3 is 15.5 Å². The van der Waals surface area contributed by atoms with Crippen LogP contribution in [0.15, 0.2) is 18.2 Å². The van der Waals surface area contributed by atoms with Crippen LogP contribution < -0.4 is 10.6 Å². The fourth-order valence-electron chi connectivity index (χ4n) is 2.64. The van der Waals surface area contributed by atoms with E-state index in [9.17, 15) is 29.0 Å². The Labute approximate surface area is 164 Å². The second-order valence-electron chi connectivity index (χ2n) is 6.80. The number of hydrogen-bond donors (Lipinski definition) is 4. The van der Waals surface area contributed by atoms with Crippen LogP contribution in [0.25, 0.3) is 10.2 Å². The number of aliphatic carboxylic acids is 2. The topological polar surface area (TPSA) is 129 Å². The van der Waals surface area contributed by atoms with Crippen LogP contribution in [-0.4, -0.2) is 45.1 Å². The number of aromatic nitrogens is 1. The van der Waals surface area contributed by atoms with Gasteiger partial charge in [0.05, 0.1) is 10.2 Å². The molecule has 8 nitrogen and oxygen atoms in total. The summed E-state index contributed by atoms with van der Waals surface area (Å²) in [4.78, 5) is 39.0. The molecule has 1 aromatic carbocycles. The number of carboxylic acid groups (broad SMARTS) is 2. The van der Waals surface area contributed by atoms with Gasteiger partial charge in [0, 0.05) is 6.42 Å². The van der Waals surface area contributed by atoms with E-state index in [4.69, 9.17) is 0 Å². The zero-order valence-electron chi connectivity index (χ0n) is 15.4. The van der Waals surface area contributed by atoms with Gasteiger partial charge in [0.2, 0.25) is 5.91 Å². The highest BCUT2D eigenvalue weighted by atomic mass is 32.1. The van der Waals surface area contributed by atoms with Gasteiger partial charge in [-0.25, -0.2) is 9.37 Å². The van der Waals surface area contributed by atoms with Crippen LogP contribution in [0, 0.1) is 11.7 Å². The first-order valence-corrected chi connectivity index (χ1v) is 9.55. The lowest BCUT2D eigenvalue weighted by Crippen LogP contribution is -2.48. The van der Waals surface area contributed by atoms with Crippen molar-refractivity contribution in [3.63, 3.8) is 0 Å². The van der Waals surface area contributed by atoms with Crippen molar-refractivity contribution in [1.82, 2.24) is 10.3 Å². The average Bonchev–Trinajstić information content (AvgIpc) is 2.97. The number of carbonyl (C=O) groups is 3. The van der Waals surface area contributed by atoms with Gasteiger partial charge in [-0.3, -0.25) is 19.7 Å². The third-order valence-corrected chi connectivity index (χ3v) is 4.90. The van der Waals surface area contributed by atoms with Crippen LogP contribution >= 0.6 is 11.3 Å². The number of rotatable bonds is 10. The summed E-state index contributed by atoms with van der Waals surface area (Å²) in [7, 11) is 0. The molecule has 2 aromatic rings. The molecule has 0 spiro atoms. The third-order valence-electron chi connectivity index (χ3n) is 3.96. The van der Waals surface area contributed by atoms with Gasteiger partial charge in [-0.05, 0) is 37.0 Å². The number of hydrogen-bond acceptors (Lipinski definition) is 6. The van der Waals surface area contributed by atoms with Crippen molar-refractivity contribution >= 4 is 44.5 Å². The van der Waals surface area contributed by atoms with Gasteiger partial charge in [0.25, 0.3) is 0 Å². The van der Waals surface area contributed by atoms with Crippen molar-refractivity contribution in [2.45, 2.75) is 45.2 Å². The van der Waals surface area contributed by atoms with Crippen molar-refractivity contribution in [3.8, 4) is 0 Å². The predicted molar refractivity (Wildman–Crippen MR) is 103 cm³/mol. The first-order valence-electron chi connectivity index (χ1n) is 8.73. The molecule has 1 heterocycles. The number of thiazole rings is 1. The van der Waals surface area contributed by atoms with E-state index < -0.39 is 35.7 Å². The van der Waals surface area contributed by atoms with Gasteiger partial charge in [-0.15, -0.1) is 0 Å². The summed E-state index contributed by atoms with van der Waals surface area (Å²) in [5.74, 6) is -3.15. The minimum atomic E-state index is -1.22. The molecule has 4 N–H and O–H groups in total. The molecule has 0 aliphatic carbocycles. The second kappa shape index (κ2) is 9.56. The van der Waals surface area contributed by atoms with E-state index in [-0.39, 0.29) is 30.3 Å². The second-order valence-corrected chi connectivity index (χ2v) is 7.83. The number of fused-ring (bicyclic) bond motifs is 1. The lowest BCUT2D eigenvalue weighted by atomic mass is 10.0. The van der Waals surface area contributed by atoms with Crippen molar-refractivity contribution in [2.24, 2.45) is 5.92 Å². The van der Waals surface area contributed by atoms with Gasteiger partial charge in [0.15, 0.2) is 5.13 Å². The number of nitrogens with zero attached hydrogens (tertiary/aromatic N) is 1. The Morgan fingerprint density at radius 2 is 1.86 bits per heavy atom. The van der Waals surface area contributed by atoms with Crippen molar-refractivity contribution in [3.05, 3.63) is 24.0 Å². The smallest absolute Gasteiger partial charge is 0.320 e.